The van der Waals surface area contributed by atoms with Gasteiger partial charge in [0, 0.05) is 11.8 Å². The SMILES string of the molecule is Cc1cc2c(cc1NC(=O)NC(C(N)=O)C(C)(C)C)OCO2. The molecule has 4 N–H and O–H groups in total. The molecule has 7 heteroatoms. The summed E-state index contributed by atoms with van der Waals surface area (Å²) in [6.45, 7) is 7.49. The number of amides is 3. The first-order valence-corrected chi connectivity index (χ1v) is 6.95. The van der Waals surface area contributed by atoms with Crippen molar-refractivity contribution in [3.8, 4) is 11.5 Å². The van der Waals surface area contributed by atoms with E-state index in [9.17, 15) is 9.59 Å². The summed E-state index contributed by atoms with van der Waals surface area (Å²) in [5, 5.41) is 5.31. The summed E-state index contributed by atoms with van der Waals surface area (Å²) in [6, 6.07) is 2.20. The van der Waals surface area contributed by atoms with E-state index in [2.05, 4.69) is 10.6 Å². The number of hydrogen-bond acceptors (Lipinski definition) is 4. The number of urea groups is 1. The maximum atomic E-state index is 12.1. The van der Waals surface area contributed by atoms with Gasteiger partial charge in [0.15, 0.2) is 11.5 Å². The number of rotatable bonds is 3. The van der Waals surface area contributed by atoms with Crippen molar-refractivity contribution in [2.24, 2.45) is 11.1 Å². The molecule has 0 radical (unpaired) electrons. The molecule has 0 fully saturated rings. The van der Waals surface area contributed by atoms with Gasteiger partial charge >= 0.3 is 6.03 Å². The van der Waals surface area contributed by atoms with Gasteiger partial charge in [0.05, 0.1) is 0 Å². The largest absolute Gasteiger partial charge is 0.454 e. The molecule has 0 bridgehead atoms. The molecule has 2 rings (SSSR count). The third-order valence-electron chi connectivity index (χ3n) is 3.39. The Bertz CT molecular complexity index is 608. The number of hydrogen-bond donors (Lipinski definition) is 3. The monoisotopic (exact) mass is 307 g/mol. The van der Waals surface area contributed by atoms with Crippen molar-refractivity contribution in [3.05, 3.63) is 17.7 Å². The maximum Gasteiger partial charge on any atom is 0.319 e. The fourth-order valence-electron chi connectivity index (χ4n) is 2.18. The van der Waals surface area contributed by atoms with Crippen LogP contribution in [0.5, 0.6) is 11.5 Å². The zero-order valence-electron chi connectivity index (χ0n) is 13.1. The smallest absolute Gasteiger partial charge is 0.319 e. The topological polar surface area (TPSA) is 103 Å². The number of carbonyl (C=O) groups excluding carboxylic acids is 2. The standard InChI is InChI=1S/C15H21N3O4/c1-8-5-10-11(22-7-21-10)6-9(8)17-14(20)18-12(13(16)19)15(2,3)4/h5-6,12H,7H2,1-4H3,(H2,16,19)(H2,17,18,20). The van der Waals surface area contributed by atoms with Crippen LogP contribution in [0.15, 0.2) is 12.1 Å². The predicted molar refractivity (Wildman–Crippen MR) is 81.9 cm³/mol. The first-order valence-electron chi connectivity index (χ1n) is 6.95. The zero-order valence-corrected chi connectivity index (χ0v) is 13.1. The Hall–Kier alpha value is -2.44. The van der Waals surface area contributed by atoms with E-state index in [0.29, 0.717) is 17.2 Å². The van der Waals surface area contributed by atoms with Crippen molar-refractivity contribution in [2.45, 2.75) is 33.7 Å². The third-order valence-corrected chi connectivity index (χ3v) is 3.39. The van der Waals surface area contributed by atoms with Crippen molar-refractivity contribution in [1.82, 2.24) is 5.32 Å². The number of benzene rings is 1. The van der Waals surface area contributed by atoms with Crippen molar-refractivity contribution in [2.75, 3.05) is 12.1 Å². The number of anilines is 1. The summed E-state index contributed by atoms with van der Waals surface area (Å²) >= 11 is 0. The van der Waals surface area contributed by atoms with E-state index in [0.717, 1.165) is 5.56 Å². The lowest BCUT2D eigenvalue weighted by Crippen LogP contribution is -2.53. The van der Waals surface area contributed by atoms with Crippen LogP contribution in [0.4, 0.5) is 10.5 Å². The minimum atomic E-state index is -0.776. The molecule has 1 aromatic rings. The van der Waals surface area contributed by atoms with E-state index in [-0.39, 0.29) is 6.79 Å². The van der Waals surface area contributed by atoms with E-state index in [1.54, 1.807) is 12.1 Å². The molecule has 1 unspecified atom stereocenters. The second-order valence-corrected chi connectivity index (χ2v) is 6.32. The van der Waals surface area contributed by atoms with Crippen LogP contribution in [-0.2, 0) is 4.79 Å². The number of aryl methyl sites for hydroxylation is 1. The van der Waals surface area contributed by atoms with Crippen molar-refractivity contribution < 1.29 is 19.1 Å². The molecule has 0 saturated heterocycles. The Balaban J connectivity index is 2.11. The van der Waals surface area contributed by atoms with Gasteiger partial charge < -0.3 is 25.8 Å². The van der Waals surface area contributed by atoms with Crippen LogP contribution in [0, 0.1) is 12.3 Å². The van der Waals surface area contributed by atoms with E-state index in [1.165, 1.54) is 0 Å². The summed E-state index contributed by atoms with van der Waals surface area (Å²) in [5.41, 5.74) is 6.28. The lowest BCUT2D eigenvalue weighted by atomic mass is 9.86. The second-order valence-electron chi connectivity index (χ2n) is 6.32. The fraction of sp³-hybridized carbons (Fsp3) is 0.467. The zero-order chi connectivity index (χ0) is 16.5. The van der Waals surface area contributed by atoms with E-state index < -0.39 is 23.4 Å². The molecular weight excluding hydrogens is 286 g/mol. The summed E-state index contributed by atoms with van der Waals surface area (Å²) in [5.74, 6) is 0.640. The number of nitrogens with one attached hydrogen (secondary N) is 2. The second kappa shape index (κ2) is 5.75. The average molecular weight is 307 g/mol. The van der Waals surface area contributed by atoms with Crippen LogP contribution >= 0.6 is 0 Å². The van der Waals surface area contributed by atoms with Gasteiger partial charge in [0.25, 0.3) is 0 Å². The van der Waals surface area contributed by atoms with Gasteiger partial charge in [-0.15, -0.1) is 0 Å². The summed E-state index contributed by atoms with van der Waals surface area (Å²) in [7, 11) is 0. The summed E-state index contributed by atoms with van der Waals surface area (Å²) in [6.07, 6.45) is 0. The molecule has 0 saturated carbocycles. The number of ether oxygens (including phenoxy) is 2. The Morgan fingerprint density at radius 1 is 1.23 bits per heavy atom. The van der Waals surface area contributed by atoms with Gasteiger partial charge in [-0.1, -0.05) is 20.8 Å². The average Bonchev–Trinajstić information content (AvgIpc) is 2.81. The van der Waals surface area contributed by atoms with Crippen LogP contribution in [0.3, 0.4) is 0 Å². The van der Waals surface area contributed by atoms with Gasteiger partial charge in [-0.3, -0.25) is 4.79 Å². The molecule has 1 heterocycles. The highest BCUT2D eigenvalue weighted by Crippen LogP contribution is 2.36. The van der Waals surface area contributed by atoms with Gasteiger partial charge in [0.2, 0.25) is 12.7 Å². The highest BCUT2D eigenvalue weighted by molar-refractivity contribution is 5.94. The molecule has 1 aromatic carbocycles. The third kappa shape index (κ3) is 3.41. The Morgan fingerprint density at radius 2 is 1.82 bits per heavy atom. The lowest BCUT2D eigenvalue weighted by molar-refractivity contribution is -0.122. The summed E-state index contributed by atoms with van der Waals surface area (Å²) < 4.78 is 10.5. The van der Waals surface area contributed by atoms with Crippen molar-refractivity contribution in [1.29, 1.82) is 0 Å². The fourth-order valence-corrected chi connectivity index (χ4v) is 2.18. The molecule has 22 heavy (non-hydrogen) atoms. The van der Waals surface area contributed by atoms with Gasteiger partial charge in [-0.2, -0.15) is 0 Å². The number of nitrogens with two attached hydrogens (primary N) is 1. The number of carbonyl (C=O) groups is 2. The minimum absolute atomic E-state index is 0.165. The van der Waals surface area contributed by atoms with E-state index >= 15 is 0 Å². The van der Waals surface area contributed by atoms with Gasteiger partial charge in [-0.05, 0) is 24.0 Å². The quantitative estimate of drug-likeness (QED) is 0.791. The molecule has 1 atom stereocenters. The Morgan fingerprint density at radius 3 is 2.36 bits per heavy atom. The molecule has 1 aliphatic rings. The van der Waals surface area contributed by atoms with E-state index in [4.69, 9.17) is 15.2 Å². The van der Waals surface area contributed by atoms with Crippen LogP contribution in [0.25, 0.3) is 0 Å². The molecule has 1 aliphatic heterocycles. The normalized spacial score (nSPS) is 14.4. The first-order chi connectivity index (χ1) is 10.2. The Kier molecular flexibility index (Phi) is 4.16. The molecule has 0 aliphatic carbocycles. The number of fused-ring (bicyclic) bond motifs is 1. The first kappa shape index (κ1) is 15.9. The maximum absolute atomic E-state index is 12.1. The minimum Gasteiger partial charge on any atom is -0.454 e. The number of primary amides is 1. The predicted octanol–water partition coefficient (Wildman–Crippen LogP) is 1.75. The molecule has 0 spiro atoms. The van der Waals surface area contributed by atoms with E-state index in [1.807, 2.05) is 27.7 Å². The van der Waals surface area contributed by atoms with Crippen molar-refractivity contribution >= 4 is 17.6 Å². The summed E-state index contributed by atoms with van der Waals surface area (Å²) in [4.78, 5) is 23.6. The Labute approximate surface area is 129 Å². The molecule has 120 valence electrons. The highest BCUT2D eigenvalue weighted by atomic mass is 16.7. The van der Waals surface area contributed by atoms with Crippen LogP contribution < -0.4 is 25.8 Å². The molecular formula is C15H21N3O4. The lowest BCUT2D eigenvalue weighted by Gasteiger charge is -2.28. The van der Waals surface area contributed by atoms with Gasteiger partial charge in [-0.25, -0.2) is 4.79 Å². The van der Waals surface area contributed by atoms with Crippen LogP contribution in [-0.4, -0.2) is 24.8 Å². The molecule has 7 nitrogen and oxygen atoms in total. The van der Waals surface area contributed by atoms with Gasteiger partial charge in [0.1, 0.15) is 6.04 Å². The van der Waals surface area contributed by atoms with Crippen LogP contribution in [0.2, 0.25) is 0 Å². The van der Waals surface area contributed by atoms with Crippen LogP contribution in [0.1, 0.15) is 26.3 Å². The molecule has 3 amide bonds. The van der Waals surface area contributed by atoms with Crippen molar-refractivity contribution in [3.63, 3.8) is 0 Å². The molecule has 0 aromatic heterocycles. The highest BCUT2D eigenvalue weighted by Gasteiger charge is 2.31.